The summed E-state index contributed by atoms with van der Waals surface area (Å²) >= 11 is 0. The van der Waals surface area contributed by atoms with Crippen LogP contribution in [-0.2, 0) is 17.8 Å². The van der Waals surface area contributed by atoms with Gasteiger partial charge in [-0.15, -0.1) is 0 Å². The number of nitrogens with zero attached hydrogens (tertiary/aromatic N) is 6. The maximum atomic E-state index is 11.3. The molecule has 3 aromatic heterocycles. The van der Waals surface area contributed by atoms with E-state index in [0.29, 0.717) is 48.5 Å². The van der Waals surface area contributed by atoms with Crippen molar-refractivity contribution in [2.24, 2.45) is 0 Å². The van der Waals surface area contributed by atoms with Crippen molar-refractivity contribution in [2.75, 3.05) is 25.0 Å². The third-order valence-corrected chi connectivity index (χ3v) is 6.08. The lowest BCUT2D eigenvalue weighted by atomic mass is 10.1. The zero-order valence-electron chi connectivity index (χ0n) is 20.5. The number of carbonyl (C=O) groups is 1. The molecule has 10 nitrogen and oxygen atoms in total. The second-order valence-corrected chi connectivity index (χ2v) is 8.99. The Bertz CT molecular complexity index is 1380. The molecular weight excluding hydrogens is 468 g/mol. The van der Waals surface area contributed by atoms with E-state index in [1.165, 1.54) is 0 Å². The van der Waals surface area contributed by atoms with Gasteiger partial charge in [-0.3, -0.25) is 9.69 Å². The molecule has 4 aromatic rings. The van der Waals surface area contributed by atoms with E-state index >= 15 is 0 Å². The lowest BCUT2D eigenvalue weighted by Crippen LogP contribution is -2.53. The number of aromatic nitrogens is 5. The number of carboxylic acids is 1. The van der Waals surface area contributed by atoms with Crippen molar-refractivity contribution in [3.63, 3.8) is 0 Å². The first kappa shape index (κ1) is 24.4. The molecule has 0 bridgehead atoms. The summed E-state index contributed by atoms with van der Waals surface area (Å²) in [5.74, 6) is 1.71. The molecule has 5 rings (SSSR count). The van der Waals surface area contributed by atoms with Crippen molar-refractivity contribution in [3.05, 3.63) is 89.6 Å². The van der Waals surface area contributed by atoms with Crippen LogP contribution in [0.3, 0.4) is 0 Å². The van der Waals surface area contributed by atoms with Gasteiger partial charge < -0.3 is 15.7 Å². The van der Waals surface area contributed by atoms with Crippen molar-refractivity contribution >= 4 is 17.6 Å². The SMILES string of the molecule is Cc1cccc(-c2nccc(Nc3ccnc(Cc4ccc(CN5CCN[C@H](C(=O)O)C5)cc4)n3)n2)n1. The van der Waals surface area contributed by atoms with Gasteiger partial charge in [0.05, 0.1) is 0 Å². The highest BCUT2D eigenvalue weighted by Gasteiger charge is 2.24. The van der Waals surface area contributed by atoms with Crippen LogP contribution in [-0.4, -0.2) is 66.6 Å². The molecule has 1 atom stereocenters. The molecule has 4 heterocycles. The Balaban J connectivity index is 1.21. The molecule has 1 aliphatic heterocycles. The van der Waals surface area contributed by atoms with Gasteiger partial charge in [-0.05, 0) is 42.3 Å². The Morgan fingerprint density at radius 2 is 1.76 bits per heavy atom. The Labute approximate surface area is 214 Å². The number of hydrogen-bond donors (Lipinski definition) is 3. The summed E-state index contributed by atoms with van der Waals surface area (Å²) in [6.07, 6.45) is 4.01. The normalized spacial score (nSPS) is 15.9. The molecule has 0 unspecified atom stereocenters. The molecule has 0 saturated carbocycles. The van der Waals surface area contributed by atoms with Crippen LogP contribution in [0.25, 0.3) is 11.5 Å². The number of rotatable bonds is 8. The number of carboxylic acid groups (broad SMARTS) is 1. The molecule has 0 aliphatic carbocycles. The molecule has 10 heteroatoms. The van der Waals surface area contributed by atoms with E-state index in [1.54, 1.807) is 24.5 Å². The molecule has 1 saturated heterocycles. The summed E-state index contributed by atoms with van der Waals surface area (Å²) in [6.45, 7) is 4.66. The molecule has 0 spiro atoms. The quantitative estimate of drug-likeness (QED) is 0.335. The molecule has 37 heavy (non-hydrogen) atoms. The number of benzene rings is 1. The number of nitrogens with one attached hydrogen (secondary N) is 2. The van der Waals surface area contributed by atoms with Gasteiger partial charge in [-0.2, -0.15) is 0 Å². The largest absolute Gasteiger partial charge is 0.480 e. The first-order chi connectivity index (χ1) is 18.0. The maximum absolute atomic E-state index is 11.3. The van der Waals surface area contributed by atoms with E-state index < -0.39 is 12.0 Å². The molecule has 3 N–H and O–H groups in total. The second kappa shape index (κ2) is 11.2. The number of aryl methyl sites for hydroxylation is 1. The summed E-state index contributed by atoms with van der Waals surface area (Å²) in [4.78, 5) is 35.9. The predicted molar refractivity (Wildman–Crippen MR) is 139 cm³/mol. The van der Waals surface area contributed by atoms with Gasteiger partial charge in [0, 0.05) is 50.7 Å². The van der Waals surface area contributed by atoms with Crippen LogP contribution in [0.15, 0.2) is 67.0 Å². The summed E-state index contributed by atoms with van der Waals surface area (Å²) < 4.78 is 0. The van der Waals surface area contributed by atoms with E-state index in [0.717, 1.165) is 29.9 Å². The van der Waals surface area contributed by atoms with Gasteiger partial charge in [0.25, 0.3) is 0 Å². The number of anilines is 2. The van der Waals surface area contributed by atoms with Gasteiger partial charge in [-0.25, -0.2) is 24.9 Å². The first-order valence-corrected chi connectivity index (χ1v) is 12.1. The molecule has 0 amide bonds. The number of piperazine rings is 1. The van der Waals surface area contributed by atoms with E-state index in [-0.39, 0.29) is 0 Å². The zero-order valence-corrected chi connectivity index (χ0v) is 20.5. The number of aliphatic carboxylic acids is 1. The molecule has 1 fully saturated rings. The third kappa shape index (κ3) is 6.49. The van der Waals surface area contributed by atoms with Gasteiger partial charge in [0.2, 0.25) is 0 Å². The average molecular weight is 497 g/mol. The van der Waals surface area contributed by atoms with E-state index in [9.17, 15) is 9.90 Å². The predicted octanol–water partition coefficient (Wildman–Crippen LogP) is 2.83. The van der Waals surface area contributed by atoms with Crippen LogP contribution >= 0.6 is 0 Å². The molecule has 1 aromatic carbocycles. The van der Waals surface area contributed by atoms with E-state index in [4.69, 9.17) is 0 Å². The number of hydrogen-bond acceptors (Lipinski definition) is 9. The summed E-state index contributed by atoms with van der Waals surface area (Å²) in [5, 5.41) is 15.5. The molecule has 0 radical (unpaired) electrons. The fourth-order valence-corrected chi connectivity index (χ4v) is 4.23. The lowest BCUT2D eigenvalue weighted by Gasteiger charge is -2.31. The summed E-state index contributed by atoms with van der Waals surface area (Å²) in [6, 6.07) is 17.1. The topological polar surface area (TPSA) is 129 Å². The van der Waals surface area contributed by atoms with Gasteiger partial charge >= 0.3 is 5.97 Å². The third-order valence-electron chi connectivity index (χ3n) is 6.08. The Morgan fingerprint density at radius 3 is 2.54 bits per heavy atom. The van der Waals surface area contributed by atoms with Gasteiger partial charge in [-0.1, -0.05) is 30.3 Å². The highest BCUT2D eigenvalue weighted by atomic mass is 16.4. The fraction of sp³-hybridized carbons (Fsp3) is 0.259. The van der Waals surface area contributed by atoms with Crippen LogP contribution in [0.1, 0.15) is 22.6 Å². The number of pyridine rings is 1. The van der Waals surface area contributed by atoms with E-state index in [2.05, 4.69) is 64.7 Å². The molecule has 1 aliphatic rings. The minimum atomic E-state index is -0.805. The molecular formula is C27H28N8O2. The summed E-state index contributed by atoms with van der Waals surface area (Å²) in [7, 11) is 0. The Morgan fingerprint density at radius 1 is 1.00 bits per heavy atom. The smallest absolute Gasteiger partial charge is 0.322 e. The fourth-order valence-electron chi connectivity index (χ4n) is 4.23. The lowest BCUT2D eigenvalue weighted by molar-refractivity contribution is -0.140. The average Bonchev–Trinajstić information content (AvgIpc) is 2.90. The van der Waals surface area contributed by atoms with Crippen LogP contribution in [0.5, 0.6) is 0 Å². The van der Waals surface area contributed by atoms with Crippen LogP contribution in [0, 0.1) is 6.92 Å². The highest BCUT2D eigenvalue weighted by Crippen LogP contribution is 2.18. The van der Waals surface area contributed by atoms with Crippen molar-refractivity contribution in [1.29, 1.82) is 0 Å². The maximum Gasteiger partial charge on any atom is 0.322 e. The van der Waals surface area contributed by atoms with Crippen LogP contribution in [0.4, 0.5) is 11.6 Å². The monoisotopic (exact) mass is 496 g/mol. The van der Waals surface area contributed by atoms with Crippen molar-refractivity contribution < 1.29 is 9.90 Å². The van der Waals surface area contributed by atoms with Crippen molar-refractivity contribution in [2.45, 2.75) is 25.9 Å². The minimum Gasteiger partial charge on any atom is -0.480 e. The van der Waals surface area contributed by atoms with Gasteiger partial charge in [0.1, 0.15) is 29.2 Å². The minimum absolute atomic E-state index is 0.500. The standard InChI is InChI=1S/C27H28N8O2/c1-18-3-2-4-21(31-18)26-30-12-10-24(34-26)32-23-9-11-29-25(33-23)15-19-5-7-20(8-6-19)16-35-14-13-28-22(17-35)27(36)37/h2-12,22,28H,13-17H2,1H3,(H,36,37)(H,29,30,32,33,34)/t22-/m0/s1. The van der Waals surface area contributed by atoms with Crippen molar-refractivity contribution in [3.8, 4) is 11.5 Å². The Hall–Kier alpha value is -4.28. The Kier molecular flexibility index (Phi) is 7.38. The zero-order chi connectivity index (χ0) is 25.6. The van der Waals surface area contributed by atoms with Gasteiger partial charge in [0.15, 0.2) is 5.82 Å². The molecule has 188 valence electrons. The van der Waals surface area contributed by atoms with Crippen molar-refractivity contribution in [1.82, 2.24) is 35.1 Å². The highest BCUT2D eigenvalue weighted by molar-refractivity contribution is 5.73. The summed E-state index contributed by atoms with van der Waals surface area (Å²) in [5.41, 5.74) is 3.87. The first-order valence-electron chi connectivity index (χ1n) is 12.1. The van der Waals surface area contributed by atoms with Crippen LogP contribution in [0.2, 0.25) is 0 Å². The second-order valence-electron chi connectivity index (χ2n) is 8.99. The van der Waals surface area contributed by atoms with Crippen LogP contribution < -0.4 is 10.6 Å². The van der Waals surface area contributed by atoms with E-state index in [1.807, 2.05) is 25.1 Å².